The predicted molar refractivity (Wildman–Crippen MR) is 110 cm³/mol. The van der Waals surface area contributed by atoms with E-state index < -0.39 is 11.8 Å². The van der Waals surface area contributed by atoms with Gasteiger partial charge in [-0.05, 0) is 48.0 Å². The Hall–Kier alpha value is -4.13. The van der Waals surface area contributed by atoms with Crippen molar-refractivity contribution in [2.75, 3.05) is 12.4 Å². The van der Waals surface area contributed by atoms with Crippen molar-refractivity contribution in [3.63, 3.8) is 0 Å². The molecule has 0 radical (unpaired) electrons. The highest BCUT2D eigenvalue weighted by Gasteiger charge is 2.26. The van der Waals surface area contributed by atoms with E-state index in [9.17, 15) is 14.4 Å². The van der Waals surface area contributed by atoms with E-state index in [2.05, 4.69) is 10.6 Å². The maximum Gasteiger partial charge on any atom is 0.259 e. The van der Waals surface area contributed by atoms with Gasteiger partial charge in [-0.2, -0.15) is 0 Å². The summed E-state index contributed by atoms with van der Waals surface area (Å²) >= 11 is 0. The lowest BCUT2D eigenvalue weighted by Gasteiger charge is -2.11. The summed E-state index contributed by atoms with van der Waals surface area (Å²) in [5, 5.41) is 4.96. The molecule has 1 heterocycles. The van der Waals surface area contributed by atoms with Gasteiger partial charge >= 0.3 is 0 Å². The number of rotatable bonds is 6. The van der Waals surface area contributed by atoms with Crippen LogP contribution in [0, 0.1) is 0 Å². The molecule has 3 amide bonds. The summed E-state index contributed by atoms with van der Waals surface area (Å²) in [5.74, 6) is 0.0698. The van der Waals surface area contributed by atoms with Crippen molar-refractivity contribution in [3.8, 4) is 11.5 Å². The fourth-order valence-corrected chi connectivity index (χ4v) is 3.10. The molecule has 3 aromatic carbocycles. The fraction of sp³-hybridized carbons (Fsp3) is 0.0870. The van der Waals surface area contributed by atoms with Crippen molar-refractivity contribution in [1.29, 1.82) is 0 Å². The maximum absolute atomic E-state index is 12.5. The lowest BCUT2D eigenvalue weighted by Crippen LogP contribution is -2.19. The molecule has 0 atom stereocenters. The first-order chi connectivity index (χ1) is 14.5. The Bertz CT molecular complexity index is 1140. The highest BCUT2D eigenvalue weighted by atomic mass is 16.5. The van der Waals surface area contributed by atoms with E-state index in [0.29, 0.717) is 34.9 Å². The van der Waals surface area contributed by atoms with Crippen LogP contribution in [0.1, 0.15) is 36.6 Å². The van der Waals surface area contributed by atoms with Crippen LogP contribution in [0.3, 0.4) is 0 Å². The summed E-state index contributed by atoms with van der Waals surface area (Å²) in [6.07, 6.45) is 0. The number of methoxy groups -OCH3 is 1. The lowest BCUT2D eigenvalue weighted by atomic mass is 10.1. The molecule has 0 aliphatic carbocycles. The minimum atomic E-state index is -0.467. The third-order valence-electron chi connectivity index (χ3n) is 4.67. The molecule has 1 aliphatic rings. The molecule has 4 rings (SSSR count). The lowest BCUT2D eigenvalue weighted by molar-refractivity contribution is 0.0878. The van der Waals surface area contributed by atoms with Crippen LogP contribution in [0.5, 0.6) is 11.5 Å². The number of ether oxygens (including phenoxy) is 2. The molecule has 0 saturated heterocycles. The number of imide groups is 1. The van der Waals surface area contributed by atoms with Gasteiger partial charge in [0.15, 0.2) is 11.5 Å². The van der Waals surface area contributed by atoms with Gasteiger partial charge in [0, 0.05) is 11.3 Å². The number of carbonyl (C=O) groups excluding carboxylic acids is 3. The third kappa shape index (κ3) is 3.86. The van der Waals surface area contributed by atoms with Crippen LogP contribution in [-0.2, 0) is 6.61 Å². The summed E-state index contributed by atoms with van der Waals surface area (Å²) in [4.78, 5) is 35.9. The van der Waals surface area contributed by atoms with Crippen LogP contribution in [0.2, 0.25) is 0 Å². The topological polar surface area (TPSA) is 93.7 Å². The second kappa shape index (κ2) is 8.08. The highest BCUT2D eigenvalue weighted by molar-refractivity contribution is 6.22. The number of para-hydroxylation sites is 2. The Morgan fingerprint density at radius 1 is 0.900 bits per heavy atom. The smallest absolute Gasteiger partial charge is 0.259 e. The summed E-state index contributed by atoms with van der Waals surface area (Å²) in [7, 11) is 1.58. The summed E-state index contributed by atoms with van der Waals surface area (Å²) < 4.78 is 11.0. The molecule has 0 bridgehead atoms. The van der Waals surface area contributed by atoms with Crippen LogP contribution in [0.15, 0.2) is 66.7 Å². The number of carbonyl (C=O) groups is 3. The molecular formula is C23H18N2O5. The minimum absolute atomic E-state index is 0.252. The first kappa shape index (κ1) is 19.2. The van der Waals surface area contributed by atoms with Crippen LogP contribution in [0.4, 0.5) is 5.69 Å². The monoisotopic (exact) mass is 402 g/mol. The summed E-state index contributed by atoms with van der Waals surface area (Å²) in [6.45, 7) is 0.330. The number of nitrogens with one attached hydrogen (secondary N) is 2. The van der Waals surface area contributed by atoms with Gasteiger partial charge in [-0.3, -0.25) is 19.7 Å². The van der Waals surface area contributed by atoms with E-state index in [-0.39, 0.29) is 11.5 Å². The molecule has 3 aromatic rings. The maximum atomic E-state index is 12.5. The molecule has 0 spiro atoms. The summed E-state index contributed by atoms with van der Waals surface area (Å²) in [5.41, 5.74) is 2.34. The molecule has 7 heteroatoms. The zero-order valence-electron chi connectivity index (χ0n) is 16.1. The average molecular weight is 402 g/mol. The van der Waals surface area contributed by atoms with Crippen LogP contribution in [0.25, 0.3) is 0 Å². The van der Waals surface area contributed by atoms with Crippen molar-refractivity contribution in [2.24, 2.45) is 0 Å². The van der Waals surface area contributed by atoms with Crippen molar-refractivity contribution >= 4 is 23.4 Å². The number of amides is 3. The molecule has 0 unspecified atom stereocenters. The average Bonchev–Trinajstić information content (AvgIpc) is 3.05. The van der Waals surface area contributed by atoms with Gasteiger partial charge in [0.1, 0.15) is 6.61 Å². The van der Waals surface area contributed by atoms with Crippen molar-refractivity contribution in [2.45, 2.75) is 6.61 Å². The van der Waals surface area contributed by atoms with Crippen LogP contribution in [-0.4, -0.2) is 24.8 Å². The standard InChI is InChI=1S/C23H18N2O5/c1-29-19-4-2-3-5-20(19)30-13-14-6-8-15(9-7-14)21(26)24-16-10-11-17-18(12-16)23(28)25-22(17)27/h2-12H,13H2,1H3,(H,24,26)(H,25,27,28). The largest absolute Gasteiger partial charge is 0.493 e. The second-order valence-electron chi connectivity index (χ2n) is 6.63. The van der Waals surface area contributed by atoms with E-state index >= 15 is 0 Å². The van der Waals surface area contributed by atoms with E-state index in [1.165, 1.54) is 12.1 Å². The van der Waals surface area contributed by atoms with Gasteiger partial charge in [0.25, 0.3) is 17.7 Å². The van der Waals surface area contributed by atoms with Crippen molar-refractivity contribution in [3.05, 3.63) is 89.0 Å². The normalized spacial score (nSPS) is 12.2. The zero-order valence-corrected chi connectivity index (χ0v) is 16.1. The van der Waals surface area contributed by atoms with E-state index in [0.717, 1.165) is 5.56 Å². The van der Waals surface area contributed by atoms with Gasteiger partial charge in [-0.15, -0.1) is 0 Å². The SMILES string of the molecule is COc1ccccc1OCc1ccc(C(=O)Nc2ccc3c(c2)C(=O)NC3=O)cc1. The summed E-state index contributed by atoms with van der Waals surface area (Å²) in [6, 6.07) is 19.0. The molecule has 30 heavy (non-hydrogen) atoms. The molecule has 150 valence electrons. The van der Waals surface area contributed by atoms with Gasteiger partial charge in [-0.25, -0.2) is 0 Å². The number of hydrogen-bond acceptors (Lipinski definition) is 5. The fourth-order valence-electron chi connectivity index (χ4n) is 3.10. The molecule has 0 fully saturated rings. The third-order valence-corrected chi connectivity index (χ3v) is 4.67. The first-order valence-corrected chi connectivity index (χ1v) is 9.21. The Morgan fingerprint density at radius 2 is 1.60 bits per heavy atom. The first-order valence-electron chi connectivity index (χ1n) is 9.21. The van der Waals surface area contributed by atoms with Crippen LogP contribution < -0.4 is 20.1 Å². The number of fused-ring (bicyclic) bond motifs is 1. The molecule has 0 aromatic heterocycles. The van der Waals surface area contributed by atoms with Gasteiger partial charge < -0.3 is 14.8 Å². The van der Waals surface area contributed by atoms with Crippen molar-refractivity contribution < 1.29 is 23.9 Å². The Balaban J connectivity index is 1.40. The van der Waals surface area contributed by atoms with E-state index in [1.807, 2.05) is 24.3 Å². The molecular weight excluding hydrogens is 384 g/mol. The van der Waals surface area contributed by atoms with Crippen LogP contribution >= 0.6 is 0 Å². The quantitative estimate of drug-likeness (QED) is 0.617. The highest BCUT2D eigenvalue weighted by Crippen LogP contribution is 2.26. The molecule has 7 nitrogen and oxygen atoms in total. The van der Waals surface area contributed by atoms with Crippen molar-refractivity contribution in [1.82, 2.24) is 5.32 Å². The van der Waals surface area contributed by atoms with E-state index in [1.54, 1.807) is 37.4 Å². The molecule has 0 saturated carbocycles. The van der Waals surface area contributed by atoms with Gasteiger partial charge in [0.2, 0.25) is 0 Å². The predicted octanol–water partition coefficient (Wildman–Crippen LogP) is 3.41. The Labute approximate surface area is 172 Å². The number of anilines is 1. The van der Waals surface area contributed by atoms with Gasteiger partial charge in [0.05, 0.1) is 18.2 Å². The van der Waals surface area contributed by atoms with Gasteiger partial charge in [-0.1, -0.05) is 24.3 Å². The Kier molecular flexibility index (Phi) is 5.17. The number of hydrogen-bond donors (Lipinski definition) is 2. The minimum Gasteiger partial charge on any atom is -0.493 e. The second-order valence-corrected chi connectivity index (χ2v) is 6.63. The zero-order chi connectivity index (χ0) is 21.1. The molecule has 2 N–H and O–H groups in total. The molecule has 1 aliphatic heterocycles. The number of benzene rings is 3. The van der Waals surface area contributed by atoms with E-state index in [4.69, 9.17) is 9.47 Å². The Morgan fingerprint density at radius 3 is 2.33 bits per heavy atom.